The van der Waals surface area contributed by atoms with Gasteiger partial charge in [0.05, 0.1) is 16.8 Å². The molecule has 2 N–H and O–H groups in total. The largest absolute Gasteiger partial charge is 0.478 e. The highest BCUT2D eigenvalue weighted by molar-refractivity contribution is 14.1. The first-order valence-corrected chi connectivity index (χ1v) is 12.7. The van der Waals surface area contributed by atoms with Gasteiger partial charge in [-0.2, -0.15) is 0 Å². The summed E-state index contributed by atoms with van der Waals surface area (Å²) in [6, 6.07) is 6.13. The third-order valence-electron chi connectivity index (χ3n) is 5.71. The Balaban J connectivity index is 1.58. The number of carboxylic acid groups (broad SMARTS) is 1. The number of halogens is 3. The van der Waals surface area contributed by atoms with Crippen molar-refractivity contribution < 1.29 is 23.5 Å². The lowest BCUT2D eigenvalue weighted by Gasteiger charge is -2.34. The number of anilines is 3. The standard InChI is InChI=1S/C23H22F2IN5O3S/c1-3-17-28-29-23(35-17)31-8-6-30(7-9-31)21(32)14-11-15(22(33)34)20(19(25)18(14)24)27-16-5-4-13(26)10-12(16)2/h4-5,10-11,27H,3,6-9H2,1-2H3,(H,33,34). The molecule has 0 atom stereocenters. The minimum Gasteiger partial charge on any atom is -0.478 e. The number of carbonyl (C=O) groups excluding carboxylic acids is 1. The Labute approximate surface area is 218 Å². The van der Waals surface area contributed by atoms with Crippen molar-refractivity contribution in [2.24, 2.45) is 0 Å². The fourth-order valence-electron chi connectivity index (χ4n) is 3.76. The van der Waals surface area contributed by atoms with E-state index < -0.39 is 40.3 Å². The summed E-state index contributed by atoms with van der Waals surface area (Å²) in [5.41, 5.74) is -0.493. The number of hydrogen-bond donors (Lipinski definition) is 2. The van der Waals surface area contributed by atoms with E-state index in [9.17, 15) is 14.7 Å². The van der Waals surface area contributed by atoms with E-state index in [0.29, 0.717) is 18.8 Å². The Morgan fingerprint density at radius 1 is 1.11 bits per heavy atom. The zero-order chi connectivity index (χ0) is 25.3. The molecule has 0 unspecified atom stereocenters. The van der Waals surface area contributed by atoms with E-state index in [1.165, 1.54) is 16.2 Å². The highest BCUT2D eigenvalue weighted by Crippen LogP contribution is 2.31. The molecule has 1 aromatic heterocycles. The number of nitrogens with zero attached hydrogens (tertiary/aromatic N) is 4. The fraction of sp³-hybridized carbons (Fsp3) is 0.304. The fourth-order valence-corrected chi connectivity index (χ4v) is 5.24. The van der Waals surface area contributed by atoms with Crippen molar-refractivity contribution in [3.05, 3.63) is 61.2 Å². The molecule has 12 heteroatoms. The lowest BCUT2D eigenvalue weighted by Crippen LogP contribution is -2.49. The summed E-state index contributed by atoms with van der Waals surface area (Å²) in [7, 11) is 0. The summed E-state index contributed by atoms with van der Waals surface area (Å²) in [5, 5.41) is 22.3. The summed E-state index contributed by atoms with van der Waals surface area (Å²) < 4.78 is 31.1. The predicted octanol–water partition coefficient (Wildman–Crippen LogP) is 4.70. The van der Waals surface area contributed by atoms with Gasteiger partial charge in [0.1, 0.15) is 5.01 Å². The lowest BCUT2D eigenvalue weighted by atomic mass is 10.0. The van der Waals surface area contributed by atoms with Crippen LogP contribution < -0.4 is 10.2 Å². The van der Waals surface area contributed by atoms with E-state index in [4.69, 9.17) is 0 Å². The number of benzene rings is 2. The van der Waals surface area contributed by atoms with Crippen LogP contribution in [0.25, 0.3) is 0 Å². The monoisotopic (exact) mass is 613 g/mol. The average molecular weight is 613 g/mol. The zero-order valence-corrected chi connectivity index (χ0v) is 21.9. The molecule has 35 heavy (non-hydrogen) atoms. The van der Waals surface area contributed by atoms with Crippen LogP contribution in [0.5, 0.6) is 0 Å². The molecule has 1 saturated heterocycles. The van der Waals surface area contributed by atoms with Gasteiger partial charge in [-0.15, -0.1) is 10.2 Å². The number of hydrogen-bond acceptors (Lipinski definition) is 7. The number of rotatable bonds is 6. The number of carbonyl (C=O) groups is 2. The Hall–Kier alpha value is -2.87. The minimum atomic E-state index is -1.48. The third kappa shape index (κ3) is 5.22. The first-order chi connectivity index (χ1) is 16.7. The molecule has 1 aliphatic rings. The summed E-state index contributed by atoms with van der Waals surface area (Å²) in [6.07, 6.45) is 0.779. The van der Waals surface area contributed by atoms with E-state index in [1.807, 2.05) is 17.9 Å². The van der Waals surface area contributed by atoms with Gasteiger partial charge in [0.2, 0.25) is 5.13 Å². The normalized spacial score (nSPS) is 13.7. The number of aryl methyl sites for hydroxylation is 2. The maximum atomic E-state index is 15.1. The number of nitrogens with one attached hydrogen (secondary N) is 1. The molecular weight excluding hydrogens is 591 g/mol. The minimum absolute atomic E-state index is 0.255. The van der Waals surface area contributed by atoms with Gasteiger partial charge in [-0.1, -0.05) is 18.3 Å². The van der Waals surface area contributed by atoms with Gasteiger partial charge in [0.15, 0.2) is 11.6 Å². The first kappa shape index (κ1) is 25.2. The number of aromatic nitrogens is 2. The maximum absolute atomic E-state index is 15.1. The van der Waals surface area contributed by atoms with Crippen LogP contribution in [0.4, 0.5) is 25.3 Å². The molecule has 2 heterocycles. The average Bonchev–Trinajstić information content (AvgIpc) is 3.32. The van der Waals surface area contributed by atoms with Crippen LogP contribution in [0.3, 0.4) is 0 Å². The summed E-state index contributed by atoms with van der Waals surface area (Å²) in [4.78, 5) is 28.4. The van der Waals surface area contributed by atoms with Crippen molar-refractivity contribution in [2.75, 3.05) is 36.4 Å². The molecule has 0 radical (unpaired) electrons. The summed E-state index contributed by atoms with van der Waals surface area (Å²) >= 11 is 3.59. The molecular formula is C23H22F2IN5O3S. The predicted molar refractivity (Wildman–Crippen MR) is 138 cm³/mol. The molecule has 4 rings (SSSR count). The number of aromatic carboxylic acids is 1. The van der Waals surface area contributed by atoms with Crippen molar-refractivity contribution in [3.8, 4) is 0 Å². The van der Waals surface area contributed by atoms with Gasteiger partial charge in [-0.3, -0.25) is 4.79 Å². The van der Waals surface area contributed by atoms with Crippen LogP contribution in [0.2, 0.25) is 0 Å². The molecule has 0 bridgehead atoms. The SMILES string of the molecule is CCc1nnc(N2CCN(C(=O)c3cc(C(=O)O)c(Nc4ccc(I)cc4C)c(F)c3F)CC2)s1. The highest BCUT2D eigenvalue weighted by Gasteiger charge is 2.30. The Morgan fingerprint density at radius 3 is 2.43 bits per heavy atom. The van der Waals surface area contributed by atoms with Gasteiger partial charge in [-0.25, -0.2) is 13.6 Å². The molecule has 0 spiro atoms. The Bertz CT molecular complexity index is 1290. The second-order valence-corrected chi connectivity index (χ2v) is 10.3. The topological polar surface area (TPSA) is 98.7 Å². The Kier molecular flexibility index (Phi) is 7.50. The van der Waals surface area contributed by atoms with Crippen molar-refractivity contribution in [1.29, 1.82) is 0 Å². The maximum Gasteiger partial charge on any atom is 0.337 e. The summed E-state index contributed by atoms with van der Waals surface area (Å²) in [6.45, 7) is 5.16. The molecule has 1 amide bonds. The molecule has 0 saturated carbocycles. The third-order valence-corrected chi connectivity index (χ3v) is 7.51. The van der Waals surface area contributed by atoms with Crippen LogP contribution in [-0.2, 0) is 6.42 Å². The second-order valence-electron chi connectivity index (χ2n) is 7.98. The van der Waals surface area contributed by atoms with Gasteiger partial charge in [-0.05, 0) is 65.8 Å². The van der Waals surface area contributed by atoms with E-state index in [2.05, 4.69) is 38.1 Å². The van der Waals surface area contributed by atoms with Gasteiger partial charge in [0, 0.05) is 35.4 Å². The van der Waals surface area contributed by atoms with E-state index in [-0.39, 0.29) is 13.1 Å². The van der Waals surface area contributed by atoms with Crippen LogP contribution in [0.1, 0.15) is 38.2 Å². The van der Waals surface area contributed by atoms with Crippen LogP contribution in [0.15, 0.2) is 24.3 Å². The number of piperazine rings is 1. The molecule has 3 aromatic rings. The quantitative estimate of drug-likeness (QED) is 0.390. The van der Waals surface area contributed by atoms with E-state index in [0.717, 1.165) is 31.8 Å². The number of carboxylic acids is 1. The Morgan fingerprint density at radius 2 is 1.83 bits per heavy atom. The van der Waals surface area contributed by atoms with Gasteiger partial charge in [0.25, 0.3) is 5.91 Å². The zero-order valence-electron chi connectivity index (χ0n) is 18.9. The van der Waals surface area contributed by atoms with Crippen LogP contribution >= 0.6 is 33.9 Å². The van der Waals surface area contributed by atoms with Crippen molar-refractivity contribution in [2.45, 2.75) is 20.3 Å². The van der Waals surface area contributed by atoms with Gasteiger partial charge < -0.3 is 20.2 Å². The highest BCUT2D eigenvalue weighted by atomic mass is 127. The summed E-state index contributed by atoms with van der Waals surface area (Å²) in [5.74, 6) is -5.03. The number of amides is 1. The lowest BCUT2D eigenvalue weighted by molar-refractivity contribution is 0.0697. The van der Waals surface area contributed by atoms with Gasteiger partial charge >= 0.3 is 5.97 Å². The molecule has 0 aliphatic carbocycles. The molecule has 2 aromatic carbocycles. The molecule has 8 nitrogen and oxygen atoms in total. The van der Waals surface area contributed by atoms with Crippen molar-refractivity contribution >= 4 is 62.3 Å². The van der Waals surface area contributed by atoms with Crippen LogP contribution in [-0.4, -0.2) is 58.3 Å². The first-order valence-electron chi connectivity index (χ1n) is 10.8. The smallest absolute Gasteiger partial charge is 0.337 e. The van der Waals surface area contributed by atoms with Crippen molar-refractivity contribution in [3.63, 3.8) is 0 Å². The second kappa shape index (κ2) is 10.4. The molecule has 184 valence electrons. The van der Waals surface area contributed by atoms with Crippen LogP contribution in [0, 0.1) is 22.1 Å². The van der Waals surface area contributed by atoms with Crippen molar-refractivity contribution in [1.82, 2.24) is 15.1 Å². The van der Waals surface area contributed by atoms with E-state index in [1.54, 1.807) is 19.1 Å². The van der Waals surface area contributed by atoms with E-state index >= 15 is 8.78 Å². The molecule has 1 fully saturated rings. The molecule has 1 aliphatic heterocycles.